The van der Waals surface area contributed by atoms with E-state index in [1.165, 1.54) is 0 Å². The Labute approximate surface area is 134 Å². The van der Waals surface area contributed by atoms with Crippen molar-refractivity contribution in [1.82, 2.24) is 0 Å². The van der Waals surface area contributed by atoms with Crippen LogP contribution in [0.5, 0.6) is 0 Å². The van der Waals surface area contributed by atoms with E-state index in [1.54, 1.807) is 6.92 Å². The van der Waals surface area contributed by atoms with Gasteiger partial charge in [-0.25, -0.2) is 0 Å². The number of aliphatic carboxylic acids is 4. The van der Waals surface area contributed by atoms with Crippen LogP contribution in [0.1, 0.15) is 51.9 Å². The summed E-state index contributed by atoms with van der Waals surface area (Å²) in [5.74, 6) is -6.72. The van der Waals surface area contributed by atoms with Gasteiger partial charge in [0.1, 0.15) is 0 Å². The SMILES string of the molecule is CCC(CC(CCCC(CCC(=O)O)C(=O)O)C(=O)O)C(=O)O. The molecule has 0 aliphatic carbocycles. The van der Waals surface area contributed by atoms with E-state index >= 15 is 0 Å². The average Bonchev–Trinajstić information content (AvgIpc) is 2.44. The van der Waals surface area contributed by atoms with Gasteiger partial charge in [-0.1, -0.05) is 13.3 Å². The lowest BCUT2D eigenvalue weighted by Gasteiger charge is -2.17. The second-order valence-corrected chi connectivity index (χ2v) is 5.61. The van der Waals surface area contributed by atoms with Crippen LogP contribution in [0, 0.1) is 17.8 Å². The second kappa shape index (κ2) is 10.6. The Morgan fingerprint density at radius 2 is 1.22 bits per heavy atom. The quantitative estimate of drug-likeness (QED) is 0.399. The third kappa shape index (κ3) is 8.80. The number of hydrogen-bond acceptors (Lipinski definition) is 4. The van der Waals surface area contributed by atoms with Crippen LogP contribution in [0.25, 0.3) is 0 Å². The highest BCUT2D eigenvalue weighted by Gasteiger charge is 2.26. The van der Waals surface area contributed by atoms with Crippen molar-refractivity contribution in [2.75, 3.05) is 0 Å². The van der Waals surface area contributed by atoms with Gasteiger partial charge in [-0.15, -0.1) is 0 Å². The second-order valence-electron chi connectivity index (χ2n) is 5.61. The molecule has 23 heavy (non-hydrogen) atoms. The fourth-order valence-corrected chi connectivity index (χ4v) is 2.43. The molecule has 0 saturated carbocycles. The molecule has 0 bridgehead atoms. The highest BCUT2D eigenvalue weighted by molar-refractivity contribution is 5.74. The standard InChI is InChI=1S/C15H24O8/c1-2-9(13(18)19)8-11(15(22)23)5-3-4-10(14(20)21)6-7-12(16)17/h9-11H,2-8H2,1H3,(H,16,17)(H,18,19)(H,20,21)(H,22,23). The maximum absolute atomic E-state index is 11.2. The predicted octanol–water partition coefficient (Wildman–Crippen LogP) is 1.92. The summed E-state index contributed by atoms with van der Waals surface area (Å²) in [6, 6.07) is 0. The zero-order valence-electron chi connectivity index (χ0n) is 13.1. The summed E-state index contributed by atoms with van der Waals surface area (Å²) in [6.45, 7) is 1.67. The molecule has 0 heterocycles. The molecule has 0 aliphatic rings. The molecule has 0 aromatic heterocycles. The molecule has 0 aliphatic heterocycles. The molecule has 3 atom stereocenters. The zero-order chi connectivity index (χ0) is 18.0. The van der Waals surface area contributed by atoms with Crippen LogP contribution in [-0.2, 0) is 19.2 Å². The van der Waals surface area contributed by atoms with Crippen molar-refractivity contribution in [2.45, 2.75) is 51.9 Å². The first-order chi connectivity index (χ1) is 10.7. The number of carboxylic acid groups (broad SMARTS) is 4. The minimum Gasteiger partial charge on any atom is -0.481 e. The van der Waals surface area contributed by atoms with E-state index in [-0.39, 0.29) is 32.1 Å². The average molecular weight is 332 g/mol. The monoisotopic (exact) mass is 332 g/mol. The minimum atomic E-state index is -1.10. The zero-order valence-corrected chi connectivity index (χ0v) is 13.1. The summed E-state index contributed by atoms with van der Waals surface area (Å²) in [5.41, 5.74) is 0. The van der Waals surface area contributed by atoms with Gasteiger partial charge in [0.25, 0.3) is 0 Å². The van der Waals surface area contributed by atoms with E-state index in [4.69, 9.17) is 20.4 Å². The topological polar surface area (TPSA) is 149 Å². The molecule has 0 saturated heterocycles. The number of hydrogen-bond donors (Lipinski definition) is 4. The Balaban J connectivity index is 4.49. The highest BCUT2D eigenvalue weighted by Crippen LogP contribution is 2.24. The van der Waals surface area contributed by atoms with E-state index in [0.717, 1.165) is 0 Å². The molecule has 0 spiro atoms. The maximum atomic E-state index is 11.2. The van der Waals surface area contributed by atoms with Crippen LogP contribution in [0.2, 0.25) is 0 Å². The fourth-order valence-electron chi connectivity index (χ4n) is 2.43. The Hall–Kier alpha value is -2.12. The predicted molar refractivity (Wildman–Crippen MR) is 79.0 cm³/mol. The summed E-state index contributed by atoms with van der Waals surface area (Å²) in [5, 5.41) is 35.8. The molecule has 132 valence electrons. The summed E-state index contributed by atoms with van der Waals surface area (Å²) in [6.07, 6.45) is 0.727. The van der Waals surface area contributed by atoms with E-state index in [0.29, 0.717) is 12.8 Å². The lowest BCUT2D eigenvalue weighted by molar-refractivity contribution is -0.146. The highest BCUT2D eigenvalue weighted by atomic mass is 16.4. The van der Waals surface area contributed by atoms with Crippen molar-refractivity contribution in [1.29, 1.82) is 0 Å². The van der Waals surface area contributed by atoms with Crippen LogP contribution < -0.4 is 0 Å². The van der Waals surface area contributed by atoms with Crippen LogP contribution in [0.3, 0.4) is 0 Å². The minimum absolute atomic E-state index is 0.00485. The Kier molecular flexibility index (Phi) is 9.60. The van der Waals surface area contributed by atoms with E-state index in [9.17, 15) is 19.2 Å². The lowest BCUT2D eigenvalue weighted by Crippen LogP contribution is -2.23. The molecular weight excluding hydrogens is 308 g/mol. The molecule has 8 heteroatoms. The van der Waals surface area contributed by atoms with Crippen LogP contribution in [-0.4, -0.2) is 44.3 Å². The first-order valence-corrected chi connectivity index (χ1v) is 7.59. The number of carbonyl (C=O) groups is 4. The number of carboxylic acids is 4. The van der Waals surface area contributed by atoms with E-state index < -0.39 is 41.6 Å². The van der Waals surface area contributed by atoms with E-state index in [1.807, 2.05) is 0 Å². The third-order valence-corrected chi connectivity index (χ3v) is 3.92. The third-order valence-electron chi connectivity index (χ3n) is 3.92. The Morgan fingerprint density at radius 1 is 0.739 bits per heavy atom. The summed E-state index contributed by atoms with van der Waals surface area (Å²) >= 11 is 0. The van der Waals surface area contributed by atoms with Crippen molar-refractivity contribution in [2.24, 2.45) is 17.8 Å². The smallest absolute Gasteiger partial charge is 0.306 e. The molecule has 0 radical (unpaired) electrons. The van der Waals surface area contributed by atoms with Crippen LogP contribution in [0.15, 0.2) is 0 Å². The summed E-state index contributed by atoms with van der Waals surface area (Å²) in [7, 11) is 0. The fraction of sp³-hybridized carbons (Fsp3) is 0.733. The van der Waals surface area contributed by atoms with Gasteiger partial charge in [0, 0.05) is 6.42 Å². The van der Waals surface area contributed by atoms with Crippen molar-refractivity contribution >= 4 is 23.9 Å². The number of rotatable bonds is 13. The van der Waals surface area contributed by atoms with Crippen LogP contribution in [0.4, 0.5) is 0 Å². The van der Waals surface area contributed by atoms with Gasteiger partial charge in [-0.05, 0) is 32.1 Å². The molecule has 0 rings (SSSR count). The molecule has 4 N–H and O–H groups in total. The van der Waals surface area contributed by atoms with Gasteiger partial charge in [-0.2, -0.15) is 0 Å². The molecule has 0 fully saturated rings. The van der Waals surface area contributed by atoms with Gasteiger partial charge in [-0.3, -0.25) is 19.2 Å². The molecule has 8 nitrogen and oxygen atoms in total. The largest absolute Gasteiger partial charge is 0.481 e. The van der Waals surface area contributed by atoms with Crippen molar-refractivity contribution in [3.8, 4) is 0 Å². The Bertz CT molecular complexity index is 431. The summed E-state index contributed by atoms with van der Waals surface area (Å²) < 4.78 is 0. The first kappa shape index (κ1) is 20.9. The van der Waals surface area contributed by atoms with Crippen molar-refractivity contribution in [3.63, 3.8) is 0 Å². The lowest BCUT2D eigenvalue weighted by atomic mass is 9.87. The normalized spacial score (nSPS) is 14.7. The molecule has 3 unspecified atom stereocenters. The van der Waals surface area contributed by atoms with E-state index in [2.05, 4.69) is 0 Å². The van der Waals surface area contributed by atoms with Gasteiger partial charge in [0.2, 0.25) is 0 Å². The molecule has 0 aromatic carbocycles. The maximum Gasteiger partial charge on any atom is 0.306 e. The van der Waals surface area contributed by atoms with Crippen molar-refractivity contribution in [3.05, 3.63) is 0 Å². The van der Waals surface area contributed by atoms with Gasteiger partial charge in [0.05, 0.1) is 17.8 Å². The summed E-state index contributed by atoms with van der Waals surface area (Å²) in [4.78, 5) is 43.7. The van der Waals surface area contributed by atoms with Gasteiger partial charge >= 0.3 is 23.9 Å². The molecular formula is C15H24O8. The molecule has 0 aromatic rings. The van der Waals surface area contributed by atoms with Gasteiger partial charge < -0.3 is 20.4 Å². The van der Waals surface area contributed by atoms with Crippen molar-refractivity contribution < 1.29 is 39.6 Å². The Morgan fingerprint density at radius 3 is 1.61 bits per heavy atom. The molecule has 0 amide bonds. The van der Waals surface area contributed by atoms with Crippen LogP contribution >= 0.6 is 0 Å². The first-order valence-electron chi connectivity index (χ1n) is 7.59. The van der Waals surface area contributed by atoms with Gasteiger partial charge in [0.15, 0.2) is 0 Å².